The summed E-state index contributed by atoms with van der Waals surface area (Å²) in [6.07, 6.45) is 1.10. The van der Waals surface area contributed by atoms with Gasteiger partial charge in [-0.25, -0.2) is 4.39 Å². The van der Waals surface area contributed by atoms with Crippen molar-refractivity contribution in [1.29, 1.82) is 0 Å². The maximum atomic E-state index is 13.2. The average molecular weight is 354 g/mol. The summed E-state index contributed by atoms with van der Waals surface area (Å²) in [5.74, 6) is -0.704. The highest BCUT2D eigenvalue weighted by molar-refractivity contribution is 8.13. The number of hydrogen-bond acceptors (Lipinski definition) is 3. The van der Waals surface area contributed by atoms with E-state index in [1.54, 1.807) is 0 Å². The van der Waals surface area contributed by atoms with Crippen molar-refractivity contribution >= 4 is 35.6 Å². The van der Waals surface area contributed by atoms with Crippen LogP contribution < -0.4 is 11.2 Å². The molecule has 0 heterocycles. The summed E-state index contributed by atoms with van der Waals surface area (Å²) < 4.78 is 51.2. The lowest BCUT2D eigenvalue weighted by molar-refractivity contribution is 0.494. The van der Waals surface area contributed by atoms with E-state index in [0.717, 1.165) is 17.8 Å². The molecule has 0 bridgehead atoms. The van der Waals surface area contributed by atoms with Gasteiger partial charge in [0.1, 0.15) is 0 Å². The molecular weight excluding hydrogens is 341 g/mol. The van der Waals surface area contributed by atoms with Crippen molar-refractivity contribution in [3.8, 4) is 0 Å². The Kier molecular flexibility index (Phi) is 6.02. The minimum absolute atomic E-state index is 0.0928. The molecule has 0 saturated carbocycles. The molecule has 2 aromatic rings. The highest BCUT2D eigenvalue weighted by atomic mass is 32.2. The van der Waals surface area contributed by atoms with Crippen molar-refractivity contribution in [3.05, 3.63) is 65.5 Å². The fourth-order valence-electron chi connectivity index (χ4n) is 1.81. The van der Waals surface area contributed by atoms with E-state index in [2.05, 4.69) is 10.2 Å². The molecule has 2 aromatic carbocycles. The third-order valence-electron chi connectivity index (χ3n) is 2.97. The summed E-state index contributed by atoms with van der Waals surface area (Å²) in [6, 6.07) is 12.2. The quantitative estimate of drug-likeness (QED) is 0.294. The zero-order valence-corrected chi connectivity index (χ0v) is 13.2. The molecule has 0 radical (unpaired) electrons. The number of benzene rings is 2. The second-order valence-electron chi connectivity index (χ2n) is 4.81. The predicted molar refractivity (Wildman–Crippen MR) is 92.1 cm³/mol. The third-order valence-corrected chi connectivity index (χ3v) is 3.82. The summed E-state index contributed by atoms with van der Waals surface area (Å²) >= 11 is 1.25. The summed E-state index contributed by atoms with van der Waals surface area (Å²) in [6.45, 7) is -5.42. The van der Waals surface area contributed by atoms with E-state index >= 15 is 0 Å². The van der Waals surface area contributed by atoms with Gasteiger partial charge in [0.2, 0.25) is 0 Å². The Morgan fingerprint density at radius 2 is 1.83 bits per heavy atom. The Morgan fingerprint density at radius 1 is 1.12 bits per heavy atom. The molecule has 0 aromatic heterocycles. The van der Waals surface area contributed by atoms with Crippen LogP contribution in [-0.2, 0) is 5.75 Å². The Balaban J connectivity index is 2.00. The van der Waals surface area contributed by atoms with E-state index in [0.29, 0.717) is 11.8 Å². The second kappa shape index (κ2) is 8.00. The first-order valence-electron chi connectivity index (χ1n) is 6.89. The van der Waals surface area contributed by atoms with Crippen molar-refractivity contribution in [1.82, 2.24) is 0 Å². The van der Waals surface area contributed by atoms with E-state index in [4.69, 9.17) is 5.73 Å². The van der Waals surface area contributed by atoms with Crippen LogP contribution in [-0.4, -0.2) is 18.4 Å². The van der Waals surface area contributed by atoms with Crippen LogP contribution in [0.3, 0.4) is 0 Å². The first kappa shape index (κ1) is 18.1. The molecule has 3 nitrogen and oxygen atoms in total. The van der Waals surface area contributed by atoms with E-state index in [-0.39, 0.29) is 10.7 Å². The summed E-state index contributed by atoms with van der Waals surface area (Å²) in [5.41, 5.74) is 5.54. The number of rotatable bonds is 5. The maximum Gasteiger partial charge on any atom is 0.512 e. The Morgan fingerprint density at radius 3 is 2.50 bits per heavy atom. The molecule has 0 spiro atoms. The molecule has 0 aliphatic rings. The van der Waals surface area contributed by atoms with Gasteiger partial charge >= 0.3 is 6.98 Å². The van der Waals surface area contributed by atoms with Gasteiger partial charge in [0.05, 0.1) is 12.0 Å². The van der Waals surface area contributed by atoms with Gasteiger partial charge in [-0.2, -0.15) is 5.10 Å². The van der Waals surface area contributed by atoms with Gasteiger partial charge < -0.3 is 18.7 Å². The Labute approximate surface area is 140 Å². The van der Waals surface area contributed by atoms with E-state index < -0.39 is 18.3 Å². The number of hydrogen-bond donors (Lipinski definition) is 1. The monoisotopic (exact) mass is 354 g/mol. The lowest BCUT2D eigenvalue weighted by Crippen LogP contribution is -2.37. The van der Waals surface area contributed by atoms with Crippen molar-refractivity contribution in [2.45, 2.75) is 5.75 Å². The van der Waals surface area contributed by atoms with Gasteiger partial charge in [-0.05, 0) is 17.2 Å². The molecule has 0 atom stereocenters. The topological polar surface area (TPSA) is 50.7 Å². The number of halogens is 4. The molecule has 9 heteroatoms. The molecule has 0 aliphatic carbocycles. The van der Waals surface area contributed by atoms with Crippen LogP contribution in [0.4, 0.5) is 17.3 Å². The fraction of sp³-hybridized carbons (Fsp3) is 0.0667. The zero-order chi connectivity index (χ0) is 17.6. The SMILES string of the molecule is NC(=NN=Cc1ccc(F)c([B-](F)(F)F)c1)SCc1ccccc1. The van der Waals surface area contributed by atoms with Crippen LogP contribution in [0, 0.1) is 5.82 Å². The summed E-state index contributed by atoms with van der Waals surface area (Å²) in [5, 5.41) is 7.52. The summed E-state index contributed by atoms with van der Waals surface area (Å²) in [4.78, 5) is 0. The Hall–Kier alpha value is -2.29. The molecule has 0 amide bonds. The molecule has 0 unspecified atom stereocenters. The van der Waals surface area contributed by atoms with Crippen LogP contribution in [0.15, 0.2) is 58.7 Å². The molecule has 0 aliphatic heterocycles. The van der Waals surface area contributed by atoms with E-state index in [9.17, 15) is 17.3 Å². The number of nitrogens with two attached hydrogens (primary N) is 1. The number of nitrogens with zero attached hydrogens (tertiary/aromatic N) is 2. The minimum atomic E-state index is -5.42. The normalized spacial score (nSPS) is 12.8. The van der Waals surface area contributed by atoms with Gasteiger partial charge in [0.15, 0.2) is 5.17 Å². The van der Waals surface area contributed by atoms with Crippen molar-refractivity contribution in [2.24, 2.45) is 15.9 Å². The molecular formula is C15H13BF4N3S-. The molecule has 24 heavy (non-hydrogen) atoms. The molecule has 0 fully saturated rings. The minimum Gasteiger partial charge on any atom is -0.445 e. The predicted octanol–water partition coefficient (Wildman–Crippen LogP) is 3.46. The zero-order valence-electron chi connectivity index (χ0n) is 12.4. The van der Waals surface area contributed by atoms with Gasteiger partial charge in [-0.15, -0.1) is 5.10 Å². The molecule has 0 saturated heterocycles. The largest absolute Gasteiger partial charge is 0.512 e. The summed E-state index contributed by atoms with van der Waals surface area (Å²) in [7, 11) is 0. The van der Waals surface area contributed by atoms with Crippen LogP contribution in [0.1, 0.15) is 11.1 Å². The lowest BCUT2D eigenvalue weighted by atomic mass is 9.79. The third kappa shape index (κ3) is 5.41. The van der Waals surface area contributed by atoms with E-state index in [1.807, 2.05) is 30.3 Å². The second-order valence-corrected chi connectivity index (χ2v) is 5.81. The van der Waals surface area contributed by atoms with Gasteiger partial charge in [0.25, 0.3) is 0 Å². The van der Waals surface area contributed by atoms with Crippen molar-refractivity contribution < 1.29 is 17.3 Å². The average Bonchev–Trinajstić information content (AvgIpc) is 2.54. The molecule has 126 valence electrons. The van der Waals surface area contributed by atoms with Crippen LogP contribution in [0.2, 0.25) is 0 Å². The van der Waals surface area contributed by atoms with Gasteiger partial charge in [-0.3, -0.25) is 0 Å². The van der Waals surface area contributed by atoms with Crippen LogP contribution >= 0.6 is 11.8 Å². The highest BCUT2D eigenvalue weighted by Crippen LogP contribution is 2.13. The van der Waals surface area contributed by atoms with Crippen LogP contribution in [0.25, 0.3) is 0 Å². The van der Waals surface area contributed by atoms with Crippen molar-refractivity contribution in [3.63, 3.8) is 0 Å². The van der Waals surface area contributed by atoms with Gasteiger partial charge in [-0.1, -0.05) is 59.7 Å². The van der Waals surface area contributed by atoms with Gasteiger partial charge in [0, 0.05) is 5.75 Å². The van der Waals surface area contributed by atoms with Crippen LogP contribution in [0.5, 0.6) is 0 Å². The van der Waals surface area contributed by atoms with E-state index in [1.165, 1.54) is 17.8 Å². The molecule has 2 N–H and O–H groups in total. The molecule has 2 rings (SSSR count). The maximum absolute atomic E-state index is 13.2. The smallest absolute Gasteiger partial charge is 0.445 e. The Bertz CT molecular complexity index is 748. The van der Waals surface area contributed by atoms with Crippen molar-refractivity contribution in [2.75, 3.05) is 0 Å². The fourth-order valence-corrected chi connectivity index (χ4v) is 2.42. The highest BCUT2D eigenvalue weighted by Gasteiger charge is 2.28. The lowest BCUT2D eigenvalue weighted by Gasteiger charge is -2.15. The standard InChI is InChI=1S/C15H13BF4N3S/c17-14-7-6-12(8-13(14)16(18,19)20)9-22-23-15(21)24-10-11-4-2-1-3-5-11/h1-9H,10H2,(H2,21,23)/q-1. The first-order chi connectivity index (χ1) is 11.4. The number of thioether (sulfide) groups is 1. The first-order valence-corrected chi connectivity index (χ1v) is 7.87. The number of amidine groups is 1.